The van der Waals surface area contributed by atoms with Gasteiger partial charge in [-0.15, -0.1) is 5.10 Å². The van der Waals surface area contributed by atoms with E-state index in [1.807, 2.05) is 9.58 Å². The molecule has 1 aromatic heterocycles. The van der Waals surface area contributed by atoms with Crippen molar-refractivity contribution in [3.8, 4) is 0 Å². The molecule has 2 aliphatic rings. The van der Waals surface area contributed by atoms with Crippen molar-refractivity contribution in [3.05, 3.63) is 11.9 Å². The number of nitrogens with one attached hydrogen (secondary N) is 1. The first-order valence-corrected chi connectivity index (χ1v) is 9.91. The normalized spacial score (nSPS) is 21.2. The molecule has 6 nitrogen and oxygen atoms in total. The van der Waals surface area contributed by atoms with Crippen LogP contribution in [0.15, 0.2) is 6.20 Å². The van der Waals surface area contributed by atoms with E-state index in [1.165, 1.54) is 25.7 Å². The number of nitrogens with zero attached hydrogens (tertiary/aromatic N) is 4. The second-order valence-electron chi connectivity index (χ2n) is 8.69. The molecule has 1 aliphatic heterocycles. The first-order chi connectivity index (χ1) is 11.9. The lowest BCUT2D eigenvalue weighted by Crippen LogP contribution is -2.48. The Morgan fingerprint density at radius 1 is 1.08 bits per heavy atom. The third-order valence-electron chi connectivity index (χ3n) is 5.59. The molecule has 25 heavy (non-hydrogen) atoms. The molecule has 0 bridgehead atoms. The highest BCUT2D eigenvalue weighted by Crippen LogP contribution is 2.25. The second kappa shape index (κ2) is 7.75. The van der Waals surface area contributed by atoms with Gasteiger partial charge in [0.05, 0.1) is 11.7 Å². The van der Waals surface area contributed by atoms with E-state index >= 15 is 0 Å². The molecule has 3 rings (SSSR count). The molecule has 6 heteroatoms. The van der Waals surface area contributed by atoms with Crippen LogP contribution in [0.5, 0.6) is 0 Å². The van der Waals surface area contributed by atoms with Gasteiger partial charge in [-0.2, -0.15) is 0 Å². The Morgan fingerprint density at radius 3 is 2.28 bits per heavy atom. The van der Waals surface area contributed by atoms with E-state index in [2.05, 4.69) is 42.6 Å². The monoisotopic (exact) mass is 347 g/mol. The minimum atomic E-state index is 0.0253. The van der Waals surface area contributed by atoms with Crippen LogP contribution in [0.3, 0.4) is 0 Å². The Labute approximate surface area is 151 Å². The smallest absolute Gasteiger partial charge is 0.317 e. The maximum Gasteiger partial charge on any atom is 0.317 e. The average Bonchev–Trinajstić information content (AvgIpc) is 2.95. The van der Waals surface area contributed by atoms with E-state index in [9.17, 15) is 4.79 Å². The summed E-state index contributed by atoms with van der Waals surface area (Å²) < 4.78 is 2.00. The first-order valence-electron chi connectivity index (χ1n) is 9.91. The van der Waals surface area contributed by atoms with Crippen molar-refractivity contribution in [1.29, 1.82) is 0 Å². The zero-order chi connectivity index (χ0) is 17.9. The number of urea groups is 1. The number of rotatable bonds is 2. The molecule has 1 aliphatic carbocycles. The molecule has 1 saturated heterocycles. The van der Waals surface area contributed by atoms with Crippen molar-refractivity contribution in [2.24, 2.45) is 0 Å². The maximum atomic E-state index is 12.5. The van der Waals surface area contributed by atoms with Gasteiger partial charge in [-0.05, 0) is 25.7 Å². The molecule has 2 amide bonds. The fourth-order valence-corrected chi connectivity index (χ4v) is 3.82. The van der Waals surface area contributed by atoms with Crippen LogP contribution in [0.25, 0.3) is 0 Å². The highest BCUT2D eigenvalue weighted by atomic mass is 16.2. The van der Waals surface area contributed by atoms with Crippen LogP contribution in [-0.2, 0) is 5.41 Å². The summed E-state index contributed by atoms with van der Waals surface area (Å²) >= 11 is 0. The highest BCUT2D eigenvalue weighted by molar-refractivity contribution is 5.74. The Morgan fingerprint density at radius 2 is 1.72 bits per heavy atom. The quantitative estimate of drug-likeness (QED) is 0.831. The molecule has 0 spiro atoms. The van der Waals surface area contributed by atoms with E-state index < -0.39 is 0 Å². The number of likely N-dealkylation sites (tertiary alicyclic amines) is 1. The minimum Gasteiger partial charge on any atom is -0.335 e. The van der Waals surface area contributed by atoms with E-state index in [0.717, 1.165) is 44.5 Å². The van der Waals surface area contributed by atoms with Crippen molar-refractivity contribution in [2.75, 3.05) is 13.1 Å². The Bertz CT molecular complexity index is 561. The van der Waals surface area contributed by atoms with Gasteiger partial charge in [0, 0.05) is 30.7 Å². The fourth-order valence-electron chi connectivity index (χ4n) is 3.82. The summed E-state index contributed by atoms with van der Waals surface area (Å²) in [5.41, 5.74) is 1.05. The molecule has 1 N–H and O–H groups in total. The number of carbonyl (C=O) groups excluding carboxylic acids is 1. The van der Waals surface area contributed by atoms with Crippen molar-refractivity contribution >= 4 is 6.03 Å². The molecule has 0 atom stereocenters. The lowest BCUT2D eigenvalue weighted by Gasteiger charge is -2.33. The van der Waals surface area contributed by atoms with Crippen molar-refractivity contribution in [1.82, 2.24) is 25.2 Å². The highest BCUT2D eigenvalue weighted by Gasteiger charge is 2.27. The minimum absolute atomic E-state index is 0.0253. The average molecular weight is 348 g/mol. The molecule has 0 radical (unpaired) electrons. The largest absolute Gasteiger partial charge is 0.335 e. The number of hydrogen-bond acceptors (Lipinski definition) is 3. The van der Waals surface area contributed by atoms with Crippen LogP contribution in [-0.4, -0.2) is 45.1 Å². The number of carbonyl (C=O) groups is 1. The summed E-state index contributed by atoms with van der Waals surface area (Å²) in [7, 11) is 0. The van der Waals surface area contributed by atoms with Gasteiger partial charge in [0.1, 0.15) is 0 Å². The van der Waals surface area contributed by atoms with Crippen LogP contribution in [0.2, 0.25) is 0 Å². The molecular weight excluding hydrogens is 314 g/mol. The third kappa shape index (κ3) is 4.73. The van der Waals surface area contributed by atoms with Gasteiger partial charge < -0.3 is 10.2 Å². The van der Waals surface area contributed by atoms with E-state index in [4.69, 9.17) is 0 Å². The van der Waals surface area contributed by atoms with Gasteiger partial charge in [-0.25, -0.2) is 9.48 Å². The lowest BCUT2D eigenvalue weighted by atomic mass is 9.93. The van der Waals surface area contributed by atoms with Gasteiger partial charge in [0.15, 0.2) is 0 Å². The van der Waals surface area contributed by atoms with Crippen LogP contribution in [0.4, 0.5) is 4.79 Å². The summed E-state index contributed by atoms with van der Waals surface area (Å²) in [6.07, 6.45) is 11.4. The number of piperidine rings is 1. The van der Waals surface area contributed by atoms with E-state index in [-0.39, 0.29) is 11.4 Å². The molecule has 1 aromatic rings. The predicted molar refractivity (Wildman–Crippen MR) is 98.6 cm³/mol. The number of aromatic nitrogens is 3. The van der Waals surface area contributed by atoms with Gasteiger partial charge in [-0.1, -0.05) is 51.7 Å². The van der Waals surface area contributed by atoms with Gasteiger partial charge in [0.2, 0.25) is 0 Å². The number of amides is 2. The van der Waals surface area contributed by atoms with E-state index in [0.29, 0.717) is 12.1 Å². The summed E-state index contributed by atoms with van der Waals surface area (Å²) in [6.45, 7) is 8.06. The van der Waals surface area contributed by atoms with Gasteiger partial charge >= 0.3 is 6.03 Å². The molecule has 2 fully saturated rings. The molecule has 140 valence electrons. The second-order valence-corrected chi connectivity index (χ2v) is 8.69. The fraction of sp³-hybridized carbons (Fsp3) is 0.842. The van der Waals surface area contributed by atoms with Gasteiger partial charge in [-0.3, -0.25) is 0 Å². The maximum absolute atomic E-state index is 12.5. The topological polar surface area (TPSA) is 63.1 Å². The van der Waals surface area contributed by atoms with Gasteiger partial charge in [0.25, 0.3) is 0 Å². The van der Waals surface area contributed by atoms with Crippen molar-refractivity contribution < 1.29 is 4.79 Å². The Hall–Kier alpha value is -1.59. The molecule has 2 heterocycles. The third-order valence-corrected chi connectivity index (χ3v) is 5.59. The summed E-state index contributed by atoms with van der Waals surface area (Å²) in [5, 5.41) is 11.9. The molecule has 0 aromatic carbocycles. The summed E-state index contributed by atoms with van der Waals surface area (Å²) in [4.78, 5) is 14.5. The SMILES string of the molecule is CC(C)(C)c1cn(C2CCN(C(=O)NC3CCCCCC3)CC2)nn1. The molecule has 1 saturated carbocycles. The lowest BCUT2D eigenvalue weighted by molar-refractivity contribution is 0.164. The predicted octanol–water partition coefficient (Wildman–Crippen LogP) is 3.64. The number of hydrogen-bond donors (Lipinski definition) is 1. The Kier molecular flexibility index (Phi) is 5.64. The molecular formula is C19H33N5O. The van der Waals surface area contributed by atoms with Crippen LogP contribution < -0.4 is 5.32 Å². The van der Waals surface area contributed by atoms with Crippen molar-refractivity contribution in [2.45, 2.75) is 89.6 Å². The zero-order valence-electron chi connectivity index (χ0n) is 16.0. The zero-order valence-corrected chi connectivity index (χ0v) is 16.0. The van der Waals surface area contributed by atoms with Crippen LogP contribution >= 0.6 is 0 Å². The Balaban J connectivity index is 1.49. The van der Waals surface area contributed by atoms with Crippen molar-refractivity contribution in [3.63, 3.8) is 0 Å². The first kappa shape index (κ1) is 18.2. The molecule has 0 unspecified atom stereocenters. The van der Waals surface area contributed by atoms with Crippen LogP contribution in [0, 0.1) is 0 Å². The van der Waals surface area contributed by atoms with E-state index in [1.54, 1.807) is 0 Å². The summed E-state index contributed by atoms with van der Waals surface area (Å²) in [5.74, 6) is 0. The van der Waals surface area contributed by atoms with Crippen LogP contribution in [0.1, 0.15) is 83.9 Å². The summed E-state index contributed by atoms with van der Waals surface area (Å²) in [6, 6.07) is 0.849. The standard InChI is InChI=1S/C19H33N5O/c1-19(2,3)17-14-24(22-21-17)16-10-12-23(13-11-16)18(25)20-15-8-6-4-5-7-9-15/h14-16H,4-13H2,1-3H3,(H,20,25).